The van der Waals surface area contributed by atoms with Crippen LogP contribution in [0.4, 0.5) is 5.69 Å². The van der Waals surface area contributed by atoms with E-state index in [4.69, 9.17) is 21.1 Å². The van der Waals surface area contributed by atoms with Gasteiger partial charge in [0.1, 0.15) is 0 Å². The van der Waals surface area contributed by atoms with Gasteiger partial charge in [-0.15, -0.1) is 0 Å². The van der Waals surface area contributed by atoms with E-state index in [1.807, 2.05) is 13.8 Å². The van der Waals surface area contributed by atoms with Crippen molar-refractivity contribution in [3.8, 4) is 11.5 Å². The Hall–Kier alpha value is -3.13. The second-order valence-corrected chi connectivity index (χ2v) is 6.28. The molecule has 0 aromatic heterocycles. The van der Waals surface area contributed by atoms with Gasteiger partial charge >= 0.3 is 0 Å². The van der Waals surface area contributed by atoms with Gasteiger partial charge in [-0.2, -0.15) is 5.10 Å². The minimum absolute atomic E-state index is 0.0214. The summed E-state index contributed by atoms with van der Waals surface area (Å²) >= 11 is 6.28. The second kappa shape index (κ2) is 9.70. The summed E-state index contributed by atoms with van der Waals surface area (Å²) in [5, 5.41) is 14.9. The van der Waals surface area contributed by atoms with Crippen molar-refractivity contribution >= 4 is 29.4 Å². The van der Waals surface area contributed by atoms with Crippen molar-refractivity contribution in [1.82, 2.24) is 5.43 Å². The molecular weight excluding hydrogens is 386 g/mol. The largest absolute Gasteiger partial charge is 0.493 e. The zero-order chi connectivity index (χ0) is 20.7. The molecule has 1 atom stereocenters. The van der Waals surface area contributed by atoms with Crippen LogP contribution in [0.2, 0.25) is 5.02 Å². The van der Waals surface area contributed by atoms with Crippen LogP contribution in [0.25, 0.3) is 0 Å². The Labute approximate surface area is 167 Å². The standard InChI is InChI=1S/C19H20ClN3O5/c1-4-12(2)28-18-16(20)9-13(10-17(18)27-3)11-21-22-19(24)14-5-7-15(8-6-14)23(25)26/h5-12H,4H2,1-3H3,(H,22,24)/b21-11-/t12-/m0/s1. The molecule has 0 aliphatic carbocycles. The Morgan fingerprint density at radius 1 is 1.36 bits per heavy atom. The third-order valence-electron chi connectivity index (χ3n) is 3.87. The maximum atomic E-state index is 12.0. The van der Waals surface area contributed by atoms with Gasteiger partial charge in [0.15, 0.2) is 11.5 Å². The van der Waals surface area contributed by atoms with Crippen molar-refractivity contribution in [2.24, 2.45) is 5.10 Å². The predicted molar refractivity (Wildman–Crippen MR) is 107 cm³/mol. The summed E-state index contributed by atoms with van der Waals surface area (Å²) in [4.78, 5) is 22.2. The van der Waals surface area contributed by atoms with Crippen LogP contribution < -0.4 is 14.9 Å². The molecule has 8 nitrogen and oxygen atoms in total. The molecule has 0 bridgehead atoms. The minimum Gasteiger partial charge on any atom is -0.493 e. The monoisotopic (exact) mass is 405 g/mol. The smallest absolute Gasteiger partial charge is 0.271 e. The van der Waals surface area contributed by atoms with Gasteiger partial charge in [-0.1, -0.05) is 18.5 Å². The normalized spacial score (nSPS) is 11.9. The van der Waals surface area contributed by atoms with Crippen LogP contribution in [0.3, 0.4) is 0 Å². The number of hydrogen-bond acceptors (Lipinski definition) is 6. The van der Waals surface area contributed by atoms with Crippen LogP contribution in [0.15, 0.2) is 41.5 Å². The number of carbonyl (C=O) groups excluding carboxylic acids is 1. The van der Waals surface area contributed by atoms with Crippen molar-refractivity contribution in [2.45, 2.75) is 26.4 Å². The Balaban J connectivity index is 2.10. The summed E-state index contributed by atoms with van der Waals surface area (Å²) in [5.74, 6) is 0.405. The summed E-state index contributed by atoms with van der Waals surface area (Å²) in [6, 6.07) is 8.53. The van der Waals surface area contributed by atoms with Crippen LogP contribution in [-0.2, 0) is 0 Å². The van der Waals surface area contributed by atoms with Gasteiger partial charge in [-0.25, -0.2) is 5.43 Å². The molecule has 2 aromatic rings. The van der Waals surface area contributed by atoms with Crippen LogP contribution in [-0.4, -0.2) is 30.3 Å². The van der Waals surface area contributed by atoms with E-state index in [9.17, 15) is 14.9 Å². The lowest BCUT2D eigenvalue weighted by Gasteiger charge is -2.17. The van der Waals surface area contributed by atoms with Gasteiger partial charge in [0.05, 0.1) is 29.4 Å². The Morgan fingerprint density at radius 3 is 2.61 bits per heavy atom. The molecule has 2 rings (SSSR count). The van der Waals surface area contributed by atoms with Gasteiger partial charge in [0.25, 0.3) is 11.6 Å². The molecule has 0 heterocycles. The van der Waals surface area contributed by atoms with Gasteiger partial charge in [-0.3, -0.25) is 14.9 Å². The number of methoxy groups -OCH3 is 1. The lowest BCUT2D eigenvalue weighted by Crippen LogP contribution is -2.17. The summed E-state index contributed by atoms with van der Waals surface area (Å²) < 4.78 is 11.1. The first-order valence-corrected chi connectivity index (χ1v) is 8.85. The number of benzene rings is 2. The molecule has 0 fully saturated rings. The van der Waals surface area contributed by atoms with E-state index in [1.165, 1.54) is 37.6 Å². The number of rotatable bonds is 8. The molecule has 0 aliphatic rings. The number of hydrogen-bond donors (Lipinski definition) is 1. The number of carbonyl (C=O) groups is 1. The highest BCUT2D eigenvalue weighted by molar-refractivity contribution is 6.32. The Bertz CT molecular complexity index is 884. The number of halogens is 1. The number of nitro groups is 1. The molecule has 0 radical (unpaired) electrons. The van der Waals surface area contributed by atoms with E-state index in [0.717, 1.165) is 6.42 Å². The first kappa shape index (κ1) is 21.2. The summed E-state index contributed by atoms with van der Waals surface area (Å²) in [6.07, 6.45) is 2.20. The fourth-order valence-corrected chi connectivity index (χ4v) is 2.44. The molecule has 1 N–H and O–H groups in total. The number of nitro benzene ring substituents is 1. The first-order chi connectivity index (χ1) is 13.3. The number of hydrazone groups is 1. The maximum Gasteiger partial charge on any atom is 0.271 e. The summed E-state index contributed by atoms with van der Waals surface area (Å²) in [7, 11) is 1.51. The third-order valence-corrected chi connectivity index (χ3v) is 4.15. The van der Waals surface area contributed by atoms with Crippen molar-refractivity contribution in [3.05, 3.63) is 62.7 Å². The summed E-state index contributed by atoms with van der Waals surface area (Å²) in [6.45, 7) is 3.93. The number of non-ortho nitro benzene ring substituents is 1. The van der Waals surface area contributed by atoms with Crippen LogP contribution in [0.1, 0.15) is 36.2 Å². The number of nitrogens with one attached hydrogen (secondary N) is 1. The zero-order valence-electron chi connectivity index (χ0n) is 15.6. The lowest BCUT2D eigenvalue weighted by molar-refractivity contribution is -0.384. The maximum absolute atomic E-state index is 12.0. The molecule has 2 aromatic carbocycles. The van der Waals surface area contributed by atoms with E-state index in [-0.39, 0.29) is 17.4 Å². The molecule has 0 aliphatic heterocycles. The van der Waals surface area contributed by atoms with Crippen molar-refractivity contribution in [1.29, 1.82) is 0 Å². The third kappa shape index (κ3) is 5.43. The molecule has 28 heavy (non-hydrogen) atoms. The van der Waals surface area contributed by atoms with E-state index in [0.29, 0.717) is 22.1 Å². The highest BCUT2D eigenvalue weighted by atomic mass is 35.5. The average molecular weight is 406 g/mol. The quantitative estimate of drug-likeness (QED) is 0.402. The Kier molecular flexibility index (Phi) is 7.34. The average Bonchev–Trinajstić information content (AvgIpc) is 2.69. The number of nitrogens with zero attached hydrogens (tertiary/aromatic N) is 2. The minimum atomic E-state index is -0.536. The Morgan fingerprint density at radius 2 is 2.04 bits per heavy atom. The summed E-state index contributed by atoms with van der Waals surface area (Å²) in [5.41, 5.74) is 3.10. The molecular formula is C19H20ClN3O5. The van der Waals surface area contributed by atoms with Crippen LogP contribution in [0, 0.1) is 10.1 Å². The van der Waals surface area contributed by atoms with E-state index < -0.39 is 10.8 Å². The van der Waals surface area contributed by atoms with Crippen LogP contribution >= 0.6 is 11.6 Å². The van der Waals surface area contributed by atoms with Gasteiger partial charge in [-0.05, 0) is 43.2 Å². The molecule has 0 unspecified atom stereocenters. The van der Waals surface area contributed by atoms with Crippen molar-refractivity contribution < 1.29 is 19.2 Å². The topological polar surface area (TPSA) is 103 Å². The number of amides is 1. The van der Waals surface area contributed by atoms with Crippen LogP contribution in [0.5, 0.6) is 11.5 Å². The molecule has 9 heteroatoms. The zero-order valence-corrected chi connectivity index (χ0v) is 16.4. The fourth-order valence-electron chi connectivity index (χ4n) is 2.18. The molecule has 148 valence electrons. The highest BCUT2D eigenvalue weighted by Gasteiger charge is 2.14. The van der Waals surface area contributed by atoms with Crippen molar-refractivity contribution in [3.63, 3.8) is 0 Å². The lowest BCUT2D eigenvalue weighted by atomic mass is 10.2. The second-order valence-electron chi connectivity index (χ2n) is 5.87. The first-order valence-electron chi connectivity index (χ1n) is 8.47. The molecule has 0 spiro atoms. The fraction of sp³-hybridized carbons (Fsp3) is 0.263. The molecule has 0 saturated heterocycles. The molecule has 1 amide bonds. The predicted octanol–water partition coefficient (Wildman–Crippen LogP) is 4.20. The van der Waals surface area contributed by atoms with E-state index >= 15 is 0 Å². The molecule has 0 saturated carbocycles. The van der Waals surface area contributed by atoms with E-state index in [2.05, 4.69) is 10.5 Å². The van der Waals surface area contributed by atoms with Gasteiger partial charge in [0, 0.05) is 17.7 Å². The van der Waals surface area contributed by atoms with E-state index in [1.54, 1.807) is 12.1 Å². The number of ether oxygens (including phenoxy) is 2. The van der Waals surface area contributed by atoms with Gasteiger partial charge < -0.3 is 9.47 Å². The van der Waals surface area contributed by atoms with Gasteiger partial charge in [0.2, 0.25) is 0 Å². The van der Waals surface area contributed by atoms with Crippen molar-refractivity contribution in [2.75, 3.05) is 7.11 Å². The highest BCUT2D eigenvalue weighted by Crippen LogP contribution is 2.37. The SMILES string of the molecule is CC[C@H](C)Oc1c(Cl)cc(/C=N\NC(=O)c2ccc([N+](=O)[O-])cc2)cc1OC.